The van der Waals surface area contributed by atoms with Gasteiger partial charge in [0.25, 0.3) is 0 Å². The Morgan fingerprint density at radius 2 is 2.06 bits per heavy atom. The third-order valence-corrected chi connectivity index (χ3v) is 2.60. The van der Waals surface area contributed by atoms with Crippen molar-refractivity contribution >= 4 is 5.95 Å². The first-order valence-corrected chi connectivity index (χ1v) is 5.85. The molecule has 88 valence electrons. The van der Waals surface area contributed by atoms with Crippen LogP contribution in [0.4, 0.5) is 5.95 Å². The van der Waals surface area contributed by atoms with Gasteiger partial charge in [0.15, 0.2) is 0 Å². The maximum Gasteiger partial charge on any atom is 0.223 e. The largest absolute Gasteiger partial charge is 0.354 e. The first-order chi connectivity index (χ1) is 8.20. The maximum absolute atomic E-state index is 4.55. The normalized spacial score (nSPS) is 10.3. The van der Waals surface area contributed by atoms with E-state index in [0.29, 0.717) is 5.95 Å². The fourth-order valence-corrected chi connectivity index (χ4v) is 1.77. The summed E-state index contributed by atoms with van der Waals surface area (Å²) in [6.45, 7) is 6.99. The average Bonchev–Trinajstić information content (AvgIpc) is 2.32. The number of nitrogens with zero attached hydrogens (tertiary/aromatic N) is 2. The van der Waals surface area contributed by atoms with E-state index in [9.17, 15) is 0 Å². The molecule has 0 radical (unpaired) electrons. The zero-order chi connectivity index (χ0) is 12.3. The summed E-state index contributed by atoms with van der Waals surface area (Å²) < 4.78 is 0. The van der Waals surface area contributed by atoms with Crippen LogP contribution in [0.1, 0.15) is 18.1 Å². The van der Waals surface area contributed by atoms with Gasteiger partial charge in [0.2, 0.25) is 5.95 Å². The highest BCUT2D eigenvalue weighted by molar-refractivity contribution is 5.64. The third kappa shape index (κ3) is 2.61. The fourth-order valence-electron chi connectivity index (χ4n) is 1.77. The van der Waals surface area contributed by atoms with Gasteiger partial charge in [-0.25, -0.2) is 9.97 Å². The molecule has 0 bridgehead atoms. The predicted molar refractivity (Wildman–Crippen MR) is 71.1 cm³/mol. The number of hydrogen-bond acceptors (Lipinski definition) is 3. The molecule has 3 nitrogen and oxygen atoms in total. The van der Waals surface area contributed by atoms with Gasteiger partial charge >= 0.3 is 0 Å². The van der Waals surface area contributed by atoms with Crippen molar-refractivity contribution in [1.29, 1.82) is 0 Å². The Bertz CT molecular complexity index is 521. The molecule has 0 saturated carbocycles. The molecule has 3 heteroatoms. The molecule has 0 aliphatic carbocycles. The van der Waals surface area contributed by atoms with E-state index in [-0.39, 0.29) is 0 Å². The second-order valence-corrected chi connectivity index (χ2v) is 4.13. The summed E-state index contributed by atoms with van der Waals surface area (Å²) >= 11 is 0. The van der Waals surface area contributed by atoms with E-state index >= 15 is 0 Å². The van der Waals surface area contributed by atoms with Crippen molar-refractivity contribution in [2.75, 3.05) is 11.9 Å². The van der Waals surface area contributed by atoms with Crippen LogP contribution in [0.3, 0.4) is 0 Å². The monoisotopic (exact) mass is 227 g/mol. The topological polar surface area (TPSA) is 37.8 Å². The lowest BCUT2D eigenvalue weighted by atomic mass is 10.1. The van der Waals surface area contributed by atoms with Crippen LogP contribution >= 0.6 is 0 Å². The van der Waals surface area contributed by atoms with Crippen molar-refractivity contribution in [3.8, 4) is 11.3 Å². The highest BCUT2D eigenvalue weighted by atomic mass is 15.1. The van der Waals surface area contributed by atoms with Gasteiger partial charge in [-0.3, -0.25) is 0 Å². The van der Waals surface area contributed by atoms with Crippen molar-refractivity contribution in [3.05, 3.63) is 41.6 Å². The number of anilines is 1. The van der Waals surface area contributed by atoms with E-state index in [0.717, 1.165) is 23.4 Å². The molecule has 0 atom stereocenters. The smallest absolute Gasteiger partial charge is 0.223 e. The van der Waals surface area contributed by atoms with Crippen LogP contribution in [0.25, 0.3) is 11.3 Å². The van der Waals surface area contributed by atoms with Gasteiger partial charge in [-0.2, -0.15) is 0 Å². The van der Waals surface area contributed by atoms with Crippen molar-refractivity contribution < 1.29 is 0 Å². The molecule has 0 saturated heterocycles. The van der Waals surface area contributed by atoms with Gasteiger partial charge in [-0.05, 0) is 32.4 Å². The summed E-state index contributed by atoms with van der Waals surface area (Å²) in [6, 6.07) is 8.37. The Labute approximate surface area is 102 Å². The Kier molecular flexibility index (Phi) is 3.38. The molecule has 0 amide bonds. The quantitative estimate of drug-likeness (QED) is 0.875. The fraction of sp³-hybridized carbons (Fsp3) is 0.286. The molecular weight excluding hydrogens is 210 g/mol. The lowest BCUT2D eigenvalue weighted by Crippen LogP contribution is -2.03. The van der Waals surface area contributed by atoms with E-state index in [1.54, 1.807) is 0 Å². The molecule has 1 N–H and O–H groups in total. The molecule has 17 heavy (non-hydrogen) atoms. The van der Waals surface area contributed by atoms with Crippen LogP contribution in [-0.2, 0) is 0 Å². The van der Waals surface area contributed by atoms with Crippen LogP contribution in [0.5, 0.6) is 0 Å². The highest BCUT2D eigenvalue weighted by Crippen LogP contribution is 2.22. The summed E-state index contributed by atoms with van der Waals surface area (Å²) in [6.07, 6.45) is 1.86. The first kappa shape index (κ1) is 11.6. The Morgan fingerprint density at radius 3 is 2.76 bits per heavy atom. The number of aromatic nitrogens is 2. The summed E-state index contributed by atoms with van der Waals surface area (Å²) in [4.78, 5) is 8.81. The van der Waals surface area contributed by atoms with E-state index in [4.69, 9.17) is 0 Å². The Balaban J connectivity index is 2.46. The number of nitrogens with one attached hydrogen (secondary N) is 1. The van der Waals surface area contributed by atoms with Crippen LogP contribution in [0, 0.1) is 13.8 Å². The second kappa shape index (κ2) is 4.95. The SMILES string of the molecule is CCNc1ncc(C)c(-c2cccc(C)c2)n1. The zero-order valence-electron chi connectivity index (χ0n) is 10.5. The van der Waals surface area contributed by atoms with Gasteiger partial charge < -0.3 is 5.32 Å². The molecular formula is C14H17N3. The summed E-state index contributed by atoms with van der Waals surface area (Å²) in [5.41, 5.74) is 4.48. The summed E-state index contributed by atoms with van der Waals surface area (Å²) in [5.74, 6) is 0.689. The standard InChI is InChI=1S/C14H17N3/c1-4-15-14-16-9-11(3)13(17-14)12-7-5-6-10(2)8-12/h5-9H,4H2,1-3H3,(H,15,16,17). The van der Waals surface area contributed by atoms with Crippen molar-refractivity contribution in [2.45, 2.75) is 20.8 Å². The van der Waals surface area contributed by atoms with E-state index in [1.165, 1.54) is 5.56 Å². The minimum Gasteiger partial charge on any atom is -0.354 e. The summed E-state index contributed by atoms with van der Waals surface area (Å²) in [7, 11) is 0. The Morgan fingerprint density at radius 1 is 1.24 bits per heavy atom. The lowest BCUT2D eigenvalue weighted by Gasteiger charge is -2.08. The predicted octanol–water partition coefficient (Wildman–Crippen LogP) is 3.19. The molecule has 0 aliphatic heterocycles. The molecule has 2 rings (SSSR count). The lowest BCUT2D eigenvalue weighted by molar-refractivity contribution is 1.07. The van der Waals surface area contributed by atoms with E-state index < -0.39 is 0 Å². The van der Waals surface area contributed by atoms with Gasteiger partial charge in [-0.1, -0.05) is 23.8 Å². The van der Waals surface area contributed by atoms with Crippen molar-refractivity contribution in [3.63, 3.8) is 0 Å². The van der Waals surface area contributed by atoms with Crippen LogP contribution in [-0.4, -0.2) is 16.5 Å². The average molecular weight is 227 g/mol. The van der Waals surface area contributed by atoms with Crippen LogP contribution in [0.2, 0.25) is 0 Å². The number of benzene rings is 1. The van der Waals surface area contributed by atoms with Gasteiger partial charge in [0.05, 0.1) is 5.69 Å². The van der Waals surface area contributed by atoms with Gasteiger partial charge in [-0.15, -0.1) is 0 Å². The Hall–Kier alpha value is -1.90. The van der Waals surface area contributed by atoms with Gasteiger partial charge in [0.1, 0.15) is 0 Å². The van der Waals surface area contributed by atoms with Crippen molar-refractivity contribution in [1.82, 2.24) is 9.97 Å². The first-order valence-electron chi connectivity index (χ1n) is 5.85. The molecule has 0 unspecified atom stereocenters. The van der Waals surface area contributed by atoms with Crippen LogP contribution in [0.15, 0.2) is 30.5 Å². The zero-order valence-corrected chi connectivity index (χ0v) is 10.5. The van der Waals surface area contributed by atoms with Crippen LogP contribution < -0.4 is 5.32 Å². The molecule has 0 aliphatic rings. The number of rotatable bonds is 3. The van der Waals surface area contributed by atoms with E-state index in [1.807, 2.05) is 20.0 Å². The van der Waals surface area contributed by atoms with E-state index in [2.05, 4.69) is 46.5 Å². The summed E-state index contributed by atoms with van der Waals surface area (Å²) in [5, 5.41) is 3.14. The van der Waals surface area contributed by atoms with Crippen molar-refractivity contribution in [2.24, 2.45) is 0 Å². The van der Waals surface area contributed by atoms with Gasteiger partial charge in [0, 0.05) is 18.3 Å². The third-order valence-electron chi connectivity index (χ3n) is 2.60. The number of hydrogen-bond donors (Lipinski definition) is 1. The molecule has 1 aromatic carbocycles. The number of aryl methyl sites for hydroxylation is 2. The second-order valence-electron chi connectivity index (χ2n) is 4.13. The molecule has 1 heterocycles. The minimum atomic E-state index is 0.689. The maximum atomic E-state index is 4.55. The minimum absolute atomic E-state index is 0.689. The molecule has 0 spiro atoms. The highest BCUT2D eigenvalue weighted by Gasteiger charge is 2.06. The molecule has 0 fully saturated rings. The molecule has 1 aromatic heterocycles. The molecule has 2 aromatic rings.